The summed E-state index contributed by atoms with van der Waals surface area (Å²) >= 11 is 17.9. The van der Waals surface area contributed by atoms with Crippen LogP contribution in [0.5, 0.6) is 5.88 Å². The fourth-order valence-corrected chi connectivity index (χ4v) is 3.24. The molecule has 3 aromatic rings. The molecule has 0 unspecified atom stereocenters. The summed E-state index contributed by atoms with van der Waals surface area (Å²) in [6.45, 7) is 0. The lowest BCUT2D eigenvalue weighted by Gasteiger charge is -1.99. The molecule has 0 aliphatic rings. The number of aromatic hydroxyl groups is 1. The van der Waals surface area contributed by atoms with E-state index in [0.717, 1.165) is 0 Å². The Morgan fingerprint density at radius 1 is 1.29 bits per heavy atom. The van der Waals surface area contributed by atoms with Crippen molar-refractivity contribution in [2.75, 3.05) is 0 Å². The monoisotopic (exact) mass is 399 g/mol. The van der Waals surface area contributed by atoms with E-state index in [-0.39, 0.29) is 21.3 Å². The first-order valence-corrected chi connectivity index (χ1v) is 8.30. The number of benzene rings is 1. The van der Waals surface area contributed by atoms with Crippen molar-refractivity contribution in [2.24, 2.45) is 4.99 Å². The van der Waals surface area contributed by atoms with Crippen molar-refractivity contribution in [3.05, 3.63) is 48.9 Å². The van der Waals surface area contributed by atoms with E-state index in [2.05, 4.69) is 25.2 Å². The van der Waals surface area contributed by atoms with Gasteiger partial charge >= 0.3 is 0 Å². The summed E-state index contributed by atoms with van der Waals surface area (Å²) in [4.78, 5) is 20.5. The van der Waals surface area contributed by atoms with E-state index in [0.29, 0.717) is 20.6 Å². The normalized spacial score (nSPS) is 11.2. The predicted octanol–water partition coefficient (Wildman–Crippen LogP) is 3.71. The summed E-state index contributed by atoms with van der Waals surface area (Å²) in [5, 5.41) is 19.4. The van der Waals surface area contributed by atoms with Crippen LogP contribution in [-0.4, -0.2) is 31.5 Å². The molecule has 24 heavy (non-hydrogen) atoms. The lowest BCUT2D eigenvalue weighted by atomic mass is 10.2. The quantitative estimate of drug-likeness (QED) is 0.459. The smallest absolute Gasteiger partial charge is 0.264 e. The first kappa shape index (κ1) is 16.8. The molecule has 0 atom stereocenters. The van der Waals surface area contributed by atoms with Gasteiger partial charge in [-0.1, -0.05) is 34.5 Å². The van der Waals surface area contributed by atoms with Gasteiger partial charge in [-0.3, -0.25) is 9.78 Å². The van der Waals surface area contributed by atoms with Crippen LogP contribution in [0.25, 0.3) is 10.6 Å². The molecule has 11 heteroatoms. The van der Waals surface area contributed by atoms with E-state index in [1.807, 2.05) is 0 Å². The fraction of sp³-hybridized carbons (Fsp3) is 0. The third-order valence-electron chi connectivity index (χ3n) is 2.84. The summed E-state index contributed by atoms with van der Waals surface area (Å²) in [7, 11) is 0. The zero-order valence-electron chi connectivity index (χ0n) is 11.6. The Hall–Kier alpha value is -2.07. The SMILES string of the molecule is O=c1[nH]c(=S)[nH]c(O)c1/C=N/c1nnc(-c2ccc(Cl)cc2Cl)s1. The van der Waals surface area contributed by atoms with Crippen molar-refractivity contribution < 1.29 is 5.11 Å². The topological polar surface area (TPSA) is 107 Å². The lowest BCUT2D eigenvalue weighted by Crippen LogP contribution is -2.13. The number of H-pyrrole nitrogens is 2. The largest absolute Gasteiger partial charge is 0.494 e. The summed E-state index contributed by atoms with van der Waals surface area (Å²) < 4.78 is 0.0187. The maximum Gasteiger partial charge on any atom is 0.264 e. The van der Waals surface area contributed by atoms with Gasteiger partial charge in [-0.2, -0.15) is 0 Å². The number of rotatable bonds is 3. The number of hydrogen-bond donors (Lipinski definition) is 3. The summed E-state index contributed by atoms with van der Waals surface area (Å²) in [6, 6.07) is 5.02. The minimum Gasteiger partial charge on any atom is -0.494 e. The number of aliphatic imine (C=N–C) groups is 1. The molecule has 0 spiro atoms. The molecule has 1 aromatic carbocycles. The van der Waals surface area contributed by atoms with Gasteiger partial charge in [0.1, 0.15) is 5.56 Å². The van der Waals surface area contributed by atoms with Gasteiger partial charge in [-0.05, 0) is 30.4 Å². The van der Waals surface area contributed by atoms with Gasteiger partial charge in [0.15, 0.2) is 9.78 Å². The average Bonchev–Trinajstić information content (AvgIpc) is 2.94. The van der Waals surface area contributed by atoms with Crippen molar-refractivity contribution in [2.45, 2.75) is 0 Å². The zero-order valence-corrected chi connectivity index (χ0v) is 14.7. The van der Waals surface area contributed by atoms with Crippen LogP contribution in [0.1, 0.15) is 5.56 Å². The van der Waals surface area contributed by atoms with Gasteiger partial charge in [-0.25, -0.2) is 4.99 Å². The molecule has 0 radical (unpaired) electrons. The fourth-order valence-electron chi connectivity index (χ4n) is 1.76. The van der Waals surface area contributed by atoms with Gasteiger partial charge in [0, 0.05) is 16.8 Å². The molecule has 0 amide bonds. The second kappa shape index (κ2) is 6.81. The first-order chi connectivity index (χ1) is 11.4. The van der Waals surface area contributed by atoms with Gasteiger partial charge in [0.2, 0.25) is 11.0 Å². The van der Waals surface area contributed by atoms with E-state index in [9.17, 15) is 9.90 Å². The molecule has 0 saturated carbocycles. The van der Waals surface area contributed by atoms with Crippen molar-refractivity contribution in [3.8, 4) is 16.5 Å². The number of aromatic nitrogens is 4. The molecule has 122 valence electrons. The maximum absolute atomic E-state index is 11.7. The molecule has 0 fully saturated rings. The number of nitrogens with one attached hydrogen (secondary N) is 2. The lowest BCUT2D eigenvalue weighted by molar-refractivity contribution is 0.449. The molecule has 3 rings (SSSR count). The van der Waals surface area contributed by atoms with Crippen LogP contribution in [0, 0.1) is 4.77 Å². The van der Waals surface area contributed by atoms with Crippen LogP contribution in [0.3, 0.4) is 0 Å². The average molecular weight is 400 g/mol. The maximum atomic E-state index is 11.7. The summed E-state index contributed by atoms with van der Waals surface area (Å²) in [5.41, 5.74) is 0.0415. The third-order valence-corrected chi connectivity index (χ3v) is 4.46. The van der Waals surface area contributed by atoms with Crippen LogP contribution in [-0.2, 0) is 0 Å². The Labute approximate surface area is 153 Å². The number of nitrogens with zero attached hydrogens (tertiary/aromatic N) is 3. The first-order valence-electron chi connectivity index (χ1n) is 6.32. The molecule has 2 heterocycles. The van der Waals surface area contributed by atoms with Crippen LogP contribution in [0.15, 0.2) is 28.0 Å². The number of halogens is 2. The second-order valence-corrected chi connectivity index (χ2v) is 6.65. The third kappa shape index (κ3) is 3.54. The highest BCUT2D eigenvalue weighted by Crippen LogP contribution is 2.34. The Morgan fingerprint density at radius 2 is 2.08 bits per heavy atom. The van der Waals surface area contributed by atoms with E-state index in [4.69, 9.17) is 35.4 Å². The minimum atomic E-state index is -0.564. The van der Waals surface area contributed by atoms with Crippen LogP contribution < -0.4 is 5.56 Å². The Balaban J connectivity index is 1.92. The van der Waals surface area contributed by atoms with Crippen LogP contribution in [0.4, 0.5) is 5.13 Å². The van der Waals surface area contributed by atoms with E-state index < -0.39 is 5.56 Å². The van der Waals surface area contributed by atoms with Crippen LogP contribution >= 0.6 is 46.8 Å². The van der Waals surface area contributed by atoms with E-state index >= 15 is 0 Å². The Kier molecular flexibility index (Phi) is 4.76. The number of aromatic amines is 2. The van der Waals surface area contributed by atoms with Crippen molar-refractivity contribution in [1.82, 2.24) is 20.2 Å². The van der Waals surface area contributed by atoms with E-state index in [1.165, 1.54) is 17.6 Å². The van der Waals surface area contributed by atoms with Gasteiger partial charge < -0.3 is 10.1 Å². The Bertz CT molecular complexity index is 1060. The summed E-state index contributed by atoms with van der Waals surface area (Å²) in [5.74, 6) is -0.377. The van der Waals surface area contributed by atoms with Gasteiger partial charge in [-0.15, -0.1) is 10.2 Å². The van der Waals surface area contributed by atoms with Crippen molar-refractivity contribution in [3.63, 3.8) is 0 Å². The Morgan fingerprint density at radius 3 is 2.79 bits per heavy atom. The molecule has 3 N–H and O–H groups in total. The highest BCUT2D eigenvalue weighted by molar-refractivity contribution is 7.71. The van der Waals surface area contributed by atoms with Crippen molar-refractivity contribution in [1.29, 1.82) is 0 Å². The molecule has 0 aliphatic carbocycles. The zero-order chi connectivity index (χ0) is 17.3. The summed E-state index contributed by atoms with van der Waals surface area (Å²) in [6.07, 6.45) is 1.17. The number of hydrogen-bond acceptors (Lipinski definition) is 7. The van der Waals surface area contributed by atoms with E-state index in [1.54, 1.807) is 18.2 Å². The standard InChI is InChI=1S/C13H7Cl2N5O2S2/c14-5-1-2-6(8(15)3-5)11-19-20-13(24-11)16-4-7-9(21)17-12(23)18-10(7)22/h1-4H,(H3,17,18,21,22,23)/b16-4+. The van der Waals surface area contributed by atoms with Gasteiger partial charge in [0.05, 0.1) is 5.02 Å². The molecule has 0 aliphatic heterocycles. The minimum absolute atomic E-state index is 0.0187. The molecule has 0 bridgehead atoms. The molecule has 0 saturated heterocycles. The predicted molar refractivity (Wildman–Crippen MR) is 96.5 cm³/mol. The highest BCUT2D eigenvalue weighted by atomic mass is 35.5. The molecular formula is C13H7Cl2N5O2S2. The molecule has 2 aromatic heterocycles. The highest BCUT2D eigenvalue weighted by Gasteiger charge is 2.11. The second-order valence-electron chi connectivity index (χ2n) is 4.44. The van der Waals surface area contributed by atoms with Crippen molar-refractivity contribution >= 4 is 58.1 Å². The molecule has 7 nitrogen and oxygen atoms in total. The van der Waals surface area contributed by atoms with Crippen LogP contribution in [0.2, 0.25) is 10.0 Å². The molecular weight excluding hydrogens is 393 g/mol. The van der Waals surface area contributed by atoms with Gasteiger partial charge in [0.25, 0.3) is 5.56 Å².